The topological polar surface area (TPSA) is 53.9 Å². The fraction of sp³-hybridized carbons (Fsp3) is 0.381. The first-order valence-corrected chi connectivity index (χ1v) is 9.66. The second kappa shape index (κ2) is 7.85. The van der Waals surface area contributed by atoms with E-state index in [1.54, 1.807) is 6.92 Å². The summed E-state index contributed by atoms with van der Waals surface area (Å²) in [5, 5.41) is 12.3. The van der Waals surface area contributed by atoms with Crippen LogP contribution in [-0.4, -0.2) is 28.3 Å². The Morgan fingerprint density at radius 1 is 1.10 bits per heavy atom. The normalized spacial score (nSPS) is 15.3. The lowest BCUT2D eigenvalue weighted by atomic mass is 10.0. The first-order chi connectivity index (χ1) is 14.0. The standard InChI is InChI=1S/C21H22F3N5/c1-12(15-6-5-7-16(18(15)22)20(23)24)26-21-17-10-14(29-8-3-4-9-29)11-25-19(17)13(2)27-28-21/h5-7,10-12,20H,3-4,8-9H2,1-2H3,(H,26,28). The molecule has 1 aliphatic heterocycles. The Balaban J connectivity index is 1.71. The Kier molecular flexibility index (Phi) is 5.25. The molecule has 0 aliphatic carbocycles. The van der Waals surface area contributed by atoms with Gasteiger partial charge in [0, 0.05) is 24.0 Å². The van der Waals surface area contributed by atoms with Crippen molar-refractivity contribution >= 4 is 22.4 Å². The van der Waals surface area contributed by atoms with Gasteiger partial charge in [0.05, 0.1) is 34.7 Å². The van der Waals surface area contributed by atoms with Crippen LogP contribution in [0.5, 0.6) is 0 Å². The number of hydrogen-bond acceptors (Lipinski definition) is 5. The molecule has 2 aromatic heterocycles. The van der Waals surface area contributed by atoms with E-state index in [1.807, 2.05) is 19.2 Å². The third kappa shape index (κ3) is 3.71. The predicted octanol–water partition coefficient (Wildman–Crippen LogP) is 5.18. The number of fused-ring (bicyclic) bond motifs is 1. The molecule has 152 valence electrons. The molecule has 3 aromatic rings. The number of aromatic nitrogens is 3. The zero-order valence-electron chi connectivity index (χ0n) is 16.3. The minimum absolute atomic E-state index is 0.155. The number of pyridine rings is 1. The minimum Gasteiger partial charge on any atom is -0.370 e. The van der Waals surface area contributed by atoms with Gasteiger partial charge in [-0.15, -0.1) is 5.10 Å². The molecule has 1 aromatic carbocycles. The first-order valence-electron chi connectivity index (χ1n) is 9.66. The molecule has 5 nitrogen and oxygen atoms in total. The lowest BCUT2D eigenvalue weighted by Crippen LogP contribution is -2.18. The number of alkyl halides is 2. The van der Waals surface area contributed by atoms with Crippen molar-refractivity contribution < 1.29 is 13.2 Å². The van der Waals surface area contributed by atoms with E-state index in [0.29, 0.717) is 17.0 Å². The molecule has 8 heteroatoms. The second-order valence-electron chi connectivity index (χ2n) is 7.34. The summed E-state index contributed by atoms with van der Waals surface area (Å²) in [5.41, 5.74) is 1.96. The number of benzene rings is 1. The Bertz CT molecular complexity index is 1030. The Labute approximate surface area is 167 Å². The summed E-state index contributed by atoms with van der Waals surface area (Å²) < 4.78 is 40.6. The van der Waals surface area contributed by atoms with E-state index in [4.69, 9.17) is 0 Å². The van der Waals surface area contributed by atoms with Gasteiger partial charge in [0.15, 0.2) is 5.82 Å². The van der Waals surface area contributed by atoms with Crippen LogP contribution in [0.4, 0.5) is 24.7 Å². The number of nitrogens with zero attached hydrogens (tertiary/aromatic N) is 4. The molecule has 0 saturated carbocycles. The summed E-state index contributed by atoms with van der Waals surface area (Å²) >= 11 is 0. The Morgan fingerprint density at radius 3 is 2.55 bits per heavy atom. The third-order valence-corrected chi connectivity index (χ3v) is 5.36. The van der Waals surface area contributed by atoms with Crippen molar-refractivity contribution in [3.05, 3.63) is 53.1 Å². The molecule has 1 aliphatic rings. The zero-order chi connectivity index (χ0) is 20.5. The highest BCUT2D eigenvalue weighted by molar-refractivity contribution is 5.92. The van der Waals surface area contributed by atoms with Crippen LogP contribution in [0.25, 0.3) is 10.9 Å². The summed E-state index contributed by atoms with van der Waals surface area (Å²) in [5.74, 6) is -0.448. The lowest BCUT2D eigenvalue weighted by molar-refractivity contribution is 0.146. The summed E-state index contributed by atoms with van der Waals surface area (Å²) in [7, 11) is 0. The van der Waals surface area contributed by atoms with E-state index in [2.05, 4.69) is 25.4 Å². The van der Waals surface area contributed by atoms with Gasteiger partial charge < -0.3 is 10.2 Å². The molecule has 0 radical (unpaired) electrons. The smallest absolute Gasteiger partial charge is 0.266 e. The number of nitrogens with one attached hydrogen (secondary N) is 1. The van der Waals surface area contributed by atoms with Crippen molar-refractivity contribution in [2.24, 2.45) is 0 Å². The van der Waals surface area contributed by atoms with E-state index in [0.717, 1.165) is 43.1 Å². The van der Waals surface area contributed by atoms with Gasteiger partial charge in [-0.1, -0.05) is 18.2 Å². The maximum atomic E-state index is 14.5. The van der Waals surface area contributed by atoms with Gasteiger partial charge in [-0.05, 0) is 32.8 Å². The molecule has 1 saturated heterocycles. The van der Waals surface area contributed by atoms with Crippen LogP contribution in [0.2, 0.25) is 0 Å². The van der Waals surface area contributed by atoms with Gasteiger partial charge >= 0.3 is 0 Å². The molecular weight excluding hydrogens is 379 g/mol. The van der Waals surface area contributed by atoms with Crippen LogP contribution in [0, 0.1) is 12.7 Å². The molecule has 0 amide bonds. The average molecular weight is 401 g/mol. The van der Waals surface area contributed by atoms with E-state index < -0.39 is 23.8 Å². The molecule has 29 heavy (non-hydrogen) atoms. The quantitative estimate of drug-likeness (QED) is 0.638. The van der Waals surface area contributed by atoms with Crippen molar-refractivity contribution in [2.75, 3.05) is 23.3 Å². The van der Waals surface area contributed by atoms with Crippen molar-refractivity contribution in [3.8, 4) is 0 Å². The van der Waals surface area contributed by atoms with Crippen LogP contribution >= 0.6 is 0 Å². The van der Waals surface area contributed by atoms with E-state index in [1.165, 1.54) is 12.1 Å². The van der Waals surface area contributed by atoms with Crippen molar-refractivity contribution in [1.29, 1.82) is 0 Å². The van der Waals surface area contributed by atoms with Gasteiger partial charge in [0.25, 0.3) is 6.43 Å². The van der Waals surface area contributed by atoms with Gasteiger partial charge in [0.1, 0.15) is 5.82 Å². The average Bonchev–Trinajstić information content (AvgIpc) is 3.24. The number of rotatable bonds is 5. The van der Waals surface area contributed by atoms with Crippen LogP contribution in [0.1, 0.15) is 49.1 Å². The maximum Gasteiger partial charge on any atom is 0.266 e. The van der Waals surface area contributed by atoms with Crippen LogP contribution in [0.3, 0.4) is 0 Å². The monoisotopic (exact) mass is 401 g/mol. The highest BCUT2D eigenvalue weighted by atomic mass is 19.3. The van der Waals surface area contributed by atoms with Gasteiger partial charge in [-0.2, -0.15) is 5.10 Å². The second-order valence-corrected chi connectivity index (χ2v) is 7.34. The Hall–Kier alpha value is -2.90. The maximum absolute atomic E-state index is 14.5. The molecule has 3 heterocycles. The van der Waals surface area contributed by atoms with Crippen molar-refractivity contribution in [3.63, 3.8) is 0 Å². The summed E-state index contributed by atoms with van der Waals surface area (Å²) in [6, 6.07) is 5.46. The molecular formula is C21H22F3N5. The van der Waals surface area contributed by atoms with Crippen LogP contribution < -0.4 is 10.2 Å². The lowest BCUT2D eigenvalue weighted by Gasteiger charge is -2.20. The van der Waals surface area contributed by atoms with Crippen LogP contribution in [0.15, 0.2) is 30.5 Å². The van der Waals surface area contributed by atoms with Crippen LogP contribution in [-0.2, 0) is 0 Å². The van der Waals surface area contributed by atoms with E-state index in [9.17, 15) is 13.2 Å². The first kappa shape index (κ1) is 19.4. The fourth-order valence-corrected chi connectivity index (χ4v) is 3.76. The number of halogens is 3. The molecule has 4 rings (SSSR count). The van der Waals surface area contributed by atoms with Gasteiger partial charge in [-0.25, -0.2) is 13.2 Å². The van der Waals surface area contributed by atoms with E-state index in [-0.39, 0.29) is 5.56 Å². The Morgan fingerprint density at radius 2 is 1.83 bits per heavy atom. The van der Waals surface area contributed by atoms with Crippen molar-refractivity contribution in [1.82, 2.24) is 15.2 Å². The molecule has 0 spiro atoms. The highest BCUT2D eigenvalue weighted by Crippen LogP contribution is 2.32. The number of aryl methyl sites for hydroxylation is 1. The zero-order valence-corrected chi connectivity index (χ0v) is 16.3. The van der Waals surface area contributed by atoms with Gasteiger partial charge in [-0.3, -0.25) is 4.98 Å². The third-order valence-electron chi connectivity index (χ3n) is 5.36. The number of hydrogen-bond donors (Lipinski definition) is 1. The van der Waals surface area contributed by atoms with Gasteiger partial charge in [0.2, 0.25) is 0 Å². The summed E-state index contributed by atoms with van der Waals surface area (Å²) in [4.78, 5) is 6.83. The highest BCUT2D eigenvalue weighted by Gasteiger charge is 2.21. The predicted molar refractivity (Wildman–Crippen MR) is 107 cm³/mol. The molecule has 1 fully saturated rings. The fourth-order valence-electron chi connectivity index (χ4n) is 3.76. The molecule has 1 atom stereocenters. The summed E-state index contributed by atoms with van der Waals surface area (Å²) in [6.45, 7) is 5.50. The largest absolute Gasteiger partial charge is 0.370 e. The number of anilines is 2. The SMILES string of the molecule is Cc1nnc(NC(C)c2cccc(C(F)F)c2F)c2cc(N3CCCC3)cnc12. The van der Waals surface area contributed by atoms with E-state index >= 15 is 0 Å². The minimum atomic E-state index is -2.87. The molecule has 1 unspecified atom stereocenters. The molecule has 1 N–H and O–H groups in total. The summed E-state index contributed by atoms with van der Waals surface area (Å²) in [6.07, 6.45) is 1.26. The van der Waals surface area contributed by atoms with Crippen molar-refractivity contribution in [2.45, 2.75) is 39.2 Å². The molecule has 0 bridgehead atoms.